The van der Waals surface area contributed by atoms with Crippen molar-refractivity contribution in [3.63, 3.8) is 0 Å². The molecule has 3 aliphatic rings. The van der Waals surface area contributed by atoms with Gasteiger partial charge in [0, 0.05) is 17.2 Å². The number of fused-ring (bicyclic) bond motifs is 2. The molecular formula is C27H28Cl2F4N2O2. The highest BCUT2D eigenvalue weighted by Gasteiger charge is 2.51. The molecule has 0 aromatic heterocycles. The molecule has 1 atom stereocenters. The highest BCUT2D eigenvalue weighted by atomic mass is 35.5. The number of rotatable bonds is 6. The summed E-state index contributed by atoms with van der Waals surface area (Å²) >= 11 is 12.2. The summed E-state index contributed by atoms with van der Waals surface area (Å²) in [5, 5.41) is 6.12. The first kappa shape index (κ1) is 27.7. The molecular weight excluding hydrogens is 531 g/mol. The lowest BCUT2D eigenvalue weighted by atomic mass is 9.74. The van der Waals surface area contributed by atoms with E-state index in [0.29, 0.717) is 22.9 Å². The molecule has 37 heavy (non-hydrogen) atoms. The summed E-state index contributed by atoms with van der Waals surface area (Å²) in [6.45, 7) is 0. The van der Waals surface area contributed by atoms with Crippen molar-refractivity contribution in [2.45, 2.75) is 69.6 Å². The van der Waals surface area contributed by atoms with Gasteiger partial charge in [0.2, 0.25) is 6.41 Å². The second-order valence-electron chi connectivity index (χ2n) is 10.2. The number of hydrogen-bond donors (Lipinski definition) is 2. The molecule has 200 valence electrons. The Morgan fingerprint density at radius 2 is 1.68 bits per heavy atom. The van der Waals surface area contributed by atoms with E-state index in [1.54, 1.807) is 0 Å². The van der Waals surface area contributed by atoms with E-state index in [4.69, 9.17) is 23.2 Å². The summed E-state index contributed by atoms with van der Waals surface area (Å²) in [5.74, 6) is -0.00104. The van der Waals surface area contributed by atoms with Gasteiger partial charge in [-0.25, -0.2) is 4.39 Å². The second-order valence-corrected chi connectivity index (χ2v) is 10.9. The fourth-order valence-electron chi connectivity index (χ4n) is 5.72. The van der Waals surface area contributed by atoms with Gasteiger partial charge in [-0.05, 0) is 99.1 Å². The lowest BCUT2D eigenvalue weighted by Crippen LogP contribution is -2.39. The monoisotopic (exact) mass is 558 g/mol. The zero-order valence-corrected chi connectivity index (χ0v) is 21.5. The van der Waals surface area contributed by atoms with Crippen LogP contribution in [0.25, 0.3) is 0 Å². The van der Waals surface area contributed by atoms with Crippen molar-refractivity contribution in [1.82, 2.24) is 10.6 Å². The minimum Gasteiger partial charge on any atom is -0.351 e. The van der Waals surface area contributed by atoms with Crippen molar-refractivity contribution in [3.8, 4) is 0 Å². The van der Waals surface area contributed by atoms with Gasteiger partial charge in [0.05, 0.1) is 21.7 Å². The van der Waals surface area contributed by atoms with Crippen LogP contribution >= 0.6 is 23.2 Å². The van der Waals surface area contributed by atoms with E-state index >= 15 is 0 Å². The normalized spacial score (nSPS) is 23.5. The molecule has 10 heteroatoms. The van der Waals surface area contributed by atoms with Gasteiger partial charge in [0.15, 0.2) is 0 Å². The molecule has 0 saturated heterocycles. The van der Waals surface area contributed by atoms with Gasteiger partial charge < -0.3 is 10.6 Å². The van der Waals surface area contributed by atoms with E-state index in [1.807, 2.05) is 0 Å². The Morgan fingerprint density at radius 3 is 2.16 bits per heavy atom. The van der Waals surface area contributed by atoms with E-state index in [9.17, 15) is 27.2 Å². The molecule has 0 aliphatic heterocycles. The van der Waals surface area contributed by atoms with E-state index in [-0.39, 0.29) is 28.0 Å². The molecule has 0 heterocycles. The third-order valence-electron chi connectivity index (χ3n) is 7.93. The van der Waals surface area contributed by atoms with Gasteiger partial charge in [-0.15, -0.1) is 0 Å². The fourth-order valence-corrected chi connectivity index (χ4v) is 6.14. The van der Waals surface area contributed by atoms with Gasteiger partial charge in [0.1, 0.15) is 5.82 Å². The molecule has 2 N–H and O–H groups in total. The number of hydrogen-bond acceptors (Lipinski definition) is 2. The summed E-state index contributed by atoms with van der Waals surface area (Å²) in [7, 11) is 0. The standard InChI is InChI=1S/C15H16Cl2FNO.C12H12F3NO/c16-10-1-2-11(18)12(13(10)17)14(19-8-20)15-5-3-9(7-15)4-6-15;13-12(14,15)9-6-4-8(5-7-9)11(17)16-10-2-1-3-10/h1-2,8-9,14H,3-7H2,(H,19,20);4-7,10H,1-3H2,(H,16,17). The van der Waals surface area contributed by atoms with Crippen LogP contribution in [0.1, 0.15) is 78.9 Å². The van der Waals surface area contributed by atoms with Gasteiger partial charge >= 0.3 is 6.18 Å². The number of carbonyl (C=O) groups excluding carboxylic acids is 2. The smallest absolute Gasteiger partial charge is 0.351 e. The Kier molecular flexibility index (Phi) is 8.38. The summed E-state index contributed by atoms with van der Waals surface area (Å²) in [5.41, 5.74) is -0.197. The number of amides is 2. The Hall–Kier alpha value is -2.32. The van der Waals surface area contributed by atoms with Crippen LogP contribution < -0.4 is 10.6 Å². The molecule has 2 amide bonds. The first-order valence-corrected chi connectivity index (χ1v) is 13.1. The van der Waals surface area contributed by atoms with Crippen molar-refractivity contribution in [2.24, 2.45) is 11.3 Å². The lowest BCUT2D eigenvalue weighted by molar-refractivity contribution is -0.137. The summed E-state index contributed by atoms with van der Waals surface area (Å²) in [4.78, 5) is 22.6. The number of carbonyl (C=O) groups is 2. The molecule has 2 bridgehead atoms. The maximum atomic E-state index is 14.3. The third-order valence-corrected chi connectivity index (χ3v) is 8.75. The lowest BCUT2D eigenvalue weighted by Gasteiger charge is -2.36. The van der Waals surface area contributed by atoms with E-state index in [2.05, 4.69) is 10.6 Å². The number of nitrogens with one attached hydrogen (secondary N) is 2. The number of halogens is 6. The summed E-state index contributed by atoms with van der Waals surface area (Å²) in [6.07, 6.45) is 4.62. The van der Waals surface area contributed by atoms with Crippen molar-refractivity contribution < 1.29 is 27.2 Å². The zero-order valence-electron chi connectivity index (χ0n) is 20.0. The van der Waals surface area contributed by atoms with Gasteiger partial charge in [0.25, 0.3) is 5.91 Å². The predicted molar refractivity (Wildman–Crippen MR) is 134 cm³/mol. The minimum atomic E-state index is -4.36. The molecule has 4 nitrogen and oxygen atoms in total. The molecule has 5 rings (SSSR count). The molecule has 0 spiro atoms. The fraction of sp³-hybridized carbons (Fsp3) is 0.481. The zero-order chi connectivity index (χ0) is 26.8. The highest BCUT2D eigenvalue weighted by molar-refractivity contribution is 6.42. The summed E-state index contributed by atoms with van der Waals surface area (Å²) in [6, 6.07) is 6.83. The van der Waals surface area contributed by atoms with E-state index in [1.165, 1.54) is 24.3 Å². The van der Waals surface area contributed by atoms with Crippen LogP contribution in [0.5, 0.6) is 0 Å². The SMILES string of the molecule is O=C(NC1CCC1)c1ccc(C(F)(F)F)cc1.O=CNC(c1c(F)ccc(Cl)c1Cl)C12CCC(CC1)C2. The number of benzene rings is 2. The summed E-state index contributed by atoms with van der Waals surface area (Å²) < 4.78 is 51.2. The first-order valence-electron chi connectivity index (χ1n) is 12.4. The van der Waals surface area contributed by atoms with Crippen LogP contribution in [0.2, 0.25) is 10.0 Å². The molecule has 0 radical (unpaired) electrons. The molecule has 3 fully saturated rings. The number of alkyl halides is 3. The van der Waals surface area contributed by atoms with Crippen molar-refractivity contribution in [3.05, 3.63) is 69.0 Å². The average molecular weight is 559 g/mol. The van der Waals surface area contributed by atoms with Crippen molar-refractivity contribution in [1.29, 1.82) is 0 Å². The van der Waals surface area contributed by atoms with Crippen LogP contribution in [-0.4, -0.2) is 18.4 Å². The Labute approximate surface area is 223 Å². The quantitative estimate of drug-likeness (QED) is 0.219. The predicted octanol–water partition coefficient (Wildman–Crippen LogP) is 7.49. The van der Waals surface area contributed by atoms with Crippen molar-refractivity contribution in [2.75, 3.05) is 0 Å². The maximum absolute atomic E-state index is 14.3. The highest BCUT2D eigenvalue weighted by Crippen LogP contribution is 2.60. The van der Waals surface area contributed by atoms with Gasteiger partial charge in [-0.1, -0.05) is 23.2 Å². The minimum absolute atomic E-state index is 0.0687. The average Bonchev–Trinajstić information content (AvgIpc) is 3.46. The third kappa shape index (κ3) is 6.06. The molecule has 3 aliphatic carbocycles. The Bertz CT molecular complexity index is 1130. The van der Waals surface area contributed by atoms with E-state index < -0.39 is 23.6 Å². The molecule has 3 saturated carbocycles. The van der Waals surface area contributed by atoms with Crippen LogP contribution in [0.15, 0.2) is 36.4 Å². The van der Waals surface area contributed by atoms with Gasteiger partial charge in [-0.3, -0.25) is 9.59 Å². The first-order chi connectivity index (χ1) is 17.5. The Morgan fingerprint density at radius 1 is 1.03 bits per heavy atom. The largest absolute Gasteiger partial charge is 0.416 e. The molecule has 2 aromatic carbocycles. The molecule has 1 unspecified atom stereocenters. The topological polar surface area (TPSA) is 58.2 Å². The molecule has 2 aromatic rings. The maximum Gasteiger partial charge on any atom is 0.416 e. The van der Waals surface area contributed by atoms with Crippen molar-refractivity contribution >= 4 is 35.5 Å². The van der Waals surface area contributed by atoms with Crippen LogP contribution in [0.3, 0.4) is 0 Å². The van der Waals surface area contributed by atoms with Crippen LogP contribution in [-0.2, 0) is 11.0 Å². The van der Waals surface area contributed by atoms with Crippen LogP contribution in [0, 0.1) is 17.2 Å². The van der Waals surface area contributed by atoms with Crippen LogP contribution in [0.4, 0.5) is 17.6 Å². The second kappa shape index (κ2) is 11.2. The Balaban J connectivity index is 0.000000176. The van der Waals surface area contributed by atoms with E-state index in [0.717, 1.165) is 63.5 Å². The van der Waals surface area contributed by atoms with Gasteiger partial charge in [-0.2, -0.15) is 13.2 Å².